The molecule has 0 amide bonds. The molecule has 0 unspecified atom stereocenters. The Bertz CT molecular complexity index is 1420. The van der Waals surface area contributed by atoms with E-state index < -0.39 is 7.26 Å². The zero-order valence-corrected chi connectivity index (χ0v) is 25.8. The lowest BCUT2D eigenvalue weighted by Gasteiger charge is -2.32. The molecule has 5 aromatic rings. The van der Waals surface area contributed by atoms with E-state index >= 15 is 0 Å². The minimum atomic E-state index is -2.38. The van der Waals surface area contributed by atoms with Gasteiger partial charge in [0.15, 0.2) is 7.26 Å². The number of aromatic nitrogens is 1. The molecule has 0 aliphatic carbocycles. The molecule has 6 rings (SSSR count). The van der Waals surface area contributed by atoms with E-state index in [-0.39, 0.29) is 24.0 Å². The molecule has 0 radical (unpaired) electrons. The first-order valence-electron chi connectivity index (χ1n) is 13.8. The molecule has 0 N–H and O–H groups in total. The Morgan fingerprint density at radius 2 is 1.12 bits per heavy atom. The highest BCUT2D eigenvalue weighted by atomic mass is 127. The molecule has 40 heavy (non-hydrogen) atoms. The Kier molecular flexibility index (Phi) is 9.18. The van der Waals surface area contributed by atoms with Crippen molar-refractivity contribution in [2.75, 3.05) is 18.0 Å². The van der Waals surface area contributed by atoms with Gasteiger partial charge in [-0.05, 0) is 66.8 Å². The number of anilines is 1. The van der Waals surface area contributed by atoms with Gasteiger partial charge in [-0.3, -0.25) is 0 Å². The predicted molar refractivity (Wildman–Crippen MR) is 167 cm³/mol. The summed E-state index contributed by atoms with van der Waals surface area (Å²) in [5.74, 6) is 2.29. The average molecular weight is 657 g/mol. The third-order valence-electron chi connectivity index (χ3n) is 7.65. The van der Waals surface area contributed by atoms with E-state index in [1.807, 2.05) is 12.1 Å². The van der Waals surface area contributed by atoms with E-state index in [2.05, 4.69) is 133 Å². The lowest BCUT2D eigenvalue weighted by molar-refractivity contribution is -0.00000821. The van der Waals surface area contributed by atoms with Crippen LogP contribution in [0.5, 0.6) is 0 Å². The van der Waals surface area contributed by atoms with Gasteiger partial charge in [0.05, 0.1) is 0 Å². The third kappa shape index (κ3) is 5.66. The normalized spacial score (nSPS) is 14.3. The predicted octanol–water partition coefficient (Wildman–Crippen LogP) is 3.70. The first-order valence-corrected chi connectivity index (χ1v) is 15.6. The summed E-state index contributed by atoms with van der Waals surface area (Å²) in [6.07, 6.45) is 6.42. The second kappa shape index (κ2) is 13.0. The molecule has 4 aromatic carbocycles. The molecular formula is C35H34IN2OP. The van der Waals surface area contributed by atoms with Gasteiger partial charge in [0, 0.05) is 19.2 Å². The number of hydrogen-bond acceptors (Lipinski definition) is 3. The maximum Gasteiger partial charge on any atom is 0.262 e. The van der Waals surface area contributed by atoms with Gasteiger partial charge < -0.3 is 33.3 Å². The smallest absolute Gasteiger partial charge is 0.262 e. The van der Waals surface area contributed by atoms with Crippen molar-refractivity contribution in [2.24, 2.45) is 5.92 Å². The third-order valence-corrected chi connectivity index (χ3v) is 11.8. The maximum atomic E-state index is 6.74. The van der Waals surface area contributed by atoms with Crippen LogP contribution in [0.15, 0.2) is 126 Å². The second-order valence-electron chi connectivity index (χ2n) is 10.3. The lowest BCUT2D eigenvalue weighted by Crippen LogP contribution is -3.00. The topological polar surface area (TPSA) is 29.3 Å². The molecule has 1 saturated heterocycles. The molecule has 0 atom stereocenters. The van der Waals surface area contributed by atoms with E-state index in [4.69, 9.17) is 9.40 Å². The molecule has 3 nitrogen and oxygen atoms in total. The molecule has 202 valence electrons. The number of hydrogen-bond donors (Lipinski definition) is 0. The van der Waals surface area contributed by atoms with Gasteiger partial charge in [-0.2, -0.15) is 4.98 Å². The summed E-state index contributed by atoms with van der Waals surface area (Å²) in [5, 5.41) is 3.84. The highest BCUT2D eigenvalue weighted by Crippen LogP contribution is 2.56. The van der Waals surface area contributed by atoms with Crippen molar-refractivity contribution in [3.8, 4) is 0 Å². The molecule has 0 spiro atoms. The highest BCUT2D eigenvalue weighted by Gasteiger charge is 2.53. The van der Waals surface area contributed by atoms with E-state index in [0.29, 0.717) is 5.89 Å². The second-order valence-corrected chi connectivity index (χ2v) is 13.6. The quantitative estimate of drug-likeness (QED) is 0.198. The number of benzene rings is 4. The van der Waals surface area contributed by atoms with Gasteiger partial charge in [0.2, 0.25) is 5.89 Å². The summed E-state index contributed by atoms with van der Waals surface area (Å²) < 4.78 is 6.74. The SMILES string of the molecule is CC1CCN(c2oc(C=Cc3ccccc3)nc2[P+](c2ccccc2)(c2ccccc2)c2ccccc2)CC1.[I-]. The average Bonchev–Trinajstić information content (AvgIpc) is 3.43. The van der Waals surface area contributed by atoms with Crippen molar-refractivity contribution < 1.29 is 28.4 Å². The fraction of sp³-hybridized carbons (Fsp3) is 0.171. The Labute approximate surface area is 255 Å². The van der Waals surface area contributed by atoms with Crippen LogP contribution >= 0.6 is 7.26 Å². The Balaban J connectivity index is 0.00000323. The van der Waals surface area contributed by atoms with Crippen LogP contribution in [0.4, 0.5) is 5.88 Å². The molecule has 5 heteroatoms. The van der Waals surface area contributed by atoms with E-state index in [9.17, 15) is 0 Å². The van der Waals surface area contributed by atoms with E-state index in [0.717, 1.165) is 48.7 Å². The Morgan fingerprint density at radius 1 is 0.675 bits per heavy atom. The van der Waals surface area contributed by atoms with Crippen molar-refractivity contribution in [2.45, 2.75) is 19.8 Å². The van der Waals surface area contributed by atoms with Gasteiger partial charge in [0.1, 0.15) is 15.9 Å². The van der Waals surface area contributed by atoms with Crippen molar-refractivity contribution >= 4 is 46.6 Å². The number of piperidine rings is 1. The van der Waals surface area contributed by atoms with Gasteiger partial charge in [-0.25, -0.2) is 0 Å². The number of rotatable bonds is 7. The van der Waals surface area contributed by atoms with Crippen LogP contribution in [0.2, 0.25) is 0 Å². The Morgan fingerprint density at radius 3 is 1.60 bits per heavy atom. The van der Waals surface area contributed by atoms with Crippen LogP contribution in [-0.2, 0) is 0 Å². The molecular weight excluding hydrogens is 622 g/mol. The monoisotopic (exact) mass is 656 g/mol. The minimum absolute atomic E-state index is 0. The Hall–Kier alpha value is -3.21. The van der Waals surface area contributed by atoms with Crippen LogP contribution < -0.4 is 50.2 Å². The maximum absolute atomic E-state index is 6.74. The number of oxazole rings is 1. The van der Waals surface area contributed by atoms with Crippen molar-refractivity contribution in [1.82, 2.24) is 4.98 Å². The summed E-state index contributed by atoms with van der Waals surface area (Å²) >= 11 is 0. The molecule has 1 fully saturated rings. The summed E-state index contributed by atoms with van der Waals surface area (Å²) in [4.78, 5) is 7.81. The summed E-state index contributed by atoms with van der Waals surface area (Å²) in [6.45, 7) is 4.30. The van der Waals surface area contributed by atoms with Crippen LogP contribution in [0.3, 0.4) is 0 Å². The van der Waals surface area contributed by atoms with Crippen molar-refractivity contribution in [3.63, 3.8) is 0 Å². The standard InChI is InChI=1S/C35H34N2OP.HI/c1-28-24-26-37(27-25-28)35-34(36-33(38-35)23-22-29-14-6-2-7-15-29)39(30-16-8-3-9-17-30,31-18-10-4-11-19-31)32-20-12-5-13-21-32;/h2-23,28H,24-27H2,1H3;1H/q+1;/p-1. The van der Waals surface area contributed by atoms with Crippen molar-refractivity contribution in [3.05, 3.63) is 133 Å². The molecule has 1 aromatic heterocycles. The zero-order valence-electron chi connectivity index (χ0n) is 22.7. The highest BCUT2D eigenvalue weighted by molar-refractivity contribution is 8.01. The lowest BCUT2D eigenvalue weighted by atomic mass is 9.99. The summed E-state index contributed by atoms with van der Waals surface area (Å²) in [7, 11) is -2.38. The molecule has 2 heterocycles. The molecule has 0 bridgehead atoms. The fourth-order valence-corrected chi connectivity index (χ4v) is 9.74. The van der Waals surface area contributed by atoms with Crippen LogP contribution in [0.1, 0.15) is 31.2 Å². The number of halogens is 1. The first-order chi connectivity index (χ1) is 19.2. The molecule has 1 aliphatic heterocycles. The van der Waals surface area contributed by atoms with Crippen LogP contribution in [0, 0.1) is 5.92 Å². The summed E-state index contributed by atoms with van der Waals surface area (Å²) in [5.41, 5.74) is 2.18. The van der Waals surface area contributed by atoms with Gasteiger partial charge in [0.25, 0.3) is 11.3 Å². The van der Waals surface area contributed by atoms with Crippen LogP contribution in [0.25, 0.3) is 12.2 Å². The fourth-order valence-electron chi connectivity index (χ4n) is 5.53. The van der Waals surface area contributed by atoms with E-state index in [1.54, 1.807) is 0 Å². The largest absolute Gasteiger partial charge is 1.00 e. The van der Waals surface area contributed by atoms with Crippen molar-refractivity contribution in [1.29, 1.82) is 0 Å². The number of nitrogens with zero attached hydrogens (tertiary/aromatic N) is 2. The van der Waals surface area contributed by atoms with Gasteiger partial charge >= 0.3 is 0 Å². The van der Waals surface area contributed by atoms with Gasteiger partial charge in [-0.1, -0.05) is 91.9 Å². The molecule has 0 saturated carbocycles. The van der Waals surface area contributed by atoms with Gasteiger partial charge in [-0.15, -0.1) is 0 Å². The van der Waals surface area contributed by atoms with Crippen LogP contribution in [-0.4, -0.2) is 18.1 Å². The zero-order chi connectivity index (χ0) is 26.5. The first kappa shape index (κ1) is 28.3. The van der Waals surface area contributed by atoms with E-state index in [1.165, 1.54) is 15.9 Å². The summed E-state index contributed by atoms with van der Waals surface area (Å²) in [6, 6.07) is 43.1. The minimum Gasteiger partial charge on any atom is -1.00 e. The molecule has 1 aliphatic rings.